The molecule has 1 aromatic heterocycles. The lowest BCUT2D eigenvalue weighted by atomic mass is 10.1. The predicted octanol–water partition coefficient (Wildman–Crippen LogP) is 3.38. The summed E-state index contributed by atoms with van der Waals surface area (Å²) in [6.45, 7) is -0.0964. The number of alkyl halides is 3. The maximum Gasteiger partial charge on any atom is 0.417 e. The Bertz CT molecular complexity index is 639. The Labute approximate surface area is 117 Å². The molecule has 2 aromatic rings. The average molecular weight is 297 g/mol. The topological polar surface area (TPSA) is 59.4 Å². The summed E-state index contributed by atoms with van der Waals surface area (Å²) in [5, 5.41) is 8.99. The molecule has 0 radical (unpaired) electrons. The minimum absolute atomic E-state index is 0.0109. The van der Waals surface area contributed by atoms with Gasteiger partial charge in [0.05, 0.1) is 11.1 Å². The van der Waals surface area contributed by atoms with E-state index in [0.29, 0.717) is 11.8 Å². The molecule has 0 saturated heterocycles. The molecule has 0 saturated carbocycles. The highest BCUT2D eigenvalue weighted by Crippen LogP contribution is 2.29. The Hall–Kier alpha value is -2.57. The maximum atomic E-state index is 12.4. The molecule has 0 amide bonds. The van der Waals surface area contributed by atoms with Crippen molar-refractivity contribution in [3.8, 4) is 5.88 Å². The third kappa shape index (κ3) is 3.71. The van der Waals surface area contributed by atoms with Crippen molar-refractivity contribution in [2.75, 3.05) is 0 Å². The second-order valence-corrected chi connectivity index (χ2v) is 4.13. The van der Waals surface area contributed by atoms with Gasteiger partial charge in [0.25, 0.3) is 0 Å². The number of hydrogen-bond acceptors (Lipinski definition) is 3. The lowest BCUT2D eigenvalue weighted by Crippen LogP contribution is -2.07. The van der Waals surface area contributed by atoms with Gasteiger partial charge in [0.15, 0.2) is 0 Å². The van der Waals surface area contributed by atoms with Crippen molar-refractivity contribution >= 4 is 5.97 Å². The molecule has 7 heteroatoms. The number of rotatable bonds is 4. The summed E-state index contributed by atoms with van der Waals surface area (Å²) in [7, 11) is 0. The zero-order valence-corrected chi connectivity index (χ0v) is 10.6. The van der Waals surface area contributed by atoms with Crippen LogP contribution in [0.5, 0.6) is 5.88 Å². The van der Waals surface area contributed by atoms with Gasteiger partial charge >= 0.3 is 12.1 Å². The molecule has 110 valence electrons. The number of nitrogens with zero attached hydrogens (tertiary/aromatic N) is 1. The van der Waals surface area contributed by atoms with Crippen molar-refractivity contribution in [1.29, 1.82) is 0 Å². The second-order valence-electron chi connectivity index (χ2n) is 4.13. The monoisotopic (exact) mass is 297 g/mol. The van der Waals surface area contributed by atoms with Crippen LogP contribution in [0.25, 0.3) is 0 Å². The molecule has 1 N–H and O–H groups in total. The van der Waals surface area contributed by atoms with Crippen LogP contribution < -0.4 is 4.74 Å². The Balaban J connectivity index is 2.09. The van der Waals surface area contributed by atoms with E-state index in [1.165, 1.54) is 6.07 Å². The van der Waals surface area contributed by atoms with Crippen LogP contribution >= 0.6 is 0 Å². The number of ether oxygens (including phenoxy) is 1. The second kappa shape index (κ2) is 5.82. The van der Waals surface area contributed by atoms with Crippen molar-refractivity contribution in [3.05, 3.63) is 59.3 Å². The van der Waals surface area contributed by atoms with Crippen molar-refractivity contribution in [3.63, 3.8) is 0 Å². The van der Waals surface area contributed by atoms with Gasteiger partial charge in [0, 0.05) is 17.8 Å². The van der Waals surface area contributed by atoms with E-state index in [1.807, 2.05) is 0 Å². The average Bonchev–Trinajstić information content (AvgIpc) is 2.45. The zero-order valence-electron chi connectivity index (χ0n) is 10.6. The lowest BCUT2D eigenvalue weighted by Gasteiger charge is -2.09. The summed E-state index contributed by atoms with van der Waals surface area (Å²) in [6, 6.07) is 8.14. The zero-order chi connectivity index (χ0) is 15.5. The molecule has 0 atom stereocenters. The molecule has 0 aliphatic rings. The first-order chi connectivity index (χ1) is 9.88. The van der Waals surface area contributed by atoms with Crippen LogP contribution in [0.4, 0.5) is 13.2 Å². The molecule has 0 spiro atoms. The third-order valence-electron chi connectivity index (χ3n) is 2.69. The molecule has 0 fully saturated rings. The number of halogens is 3. The summed E-state index contributed by atoms with van der Waals surface area (Å²) in [5.74, 6) is -1.11. The van der Waals surface area contributed by atoms with E-state index in [4.69, 9.17) is 9.84 Å². The Morgan fingerprint density at radius 3 is 2.48 bits per heavy atom. The Morgan fingerprint density at radius 1 is 1.19 bits per heavy atom. The lowest BCUT2D eigenvalue weighted by molar-refractivity contribution is -0.137. The highest BCUT2D eigenvalue weighted by molar-refractivity contribution is 5.89. The van der Waals surface area contributed by atoms with E-state index in [9.17, 15) is 18.0 Å². The van der Waals surface area contributed by atoms with Gasteiger partial charge in [-0.3, -0.25) is 0 Å². The normalized spacial score (nSPS) is 11.2. The Kier molecular flexibility index (Phi) is 4.11. The maximum absolute atomic E-state index is 12.4. The number of carboxylic acids is 1. The van der Waals surface area contributed by atoms with Gasteiger partial charge in [-0.1, -0.05) is 18.2 Å². The fourth-order valence-corrected chi connectivity index (χ4v) is 1.64. The Morgan fingerprint density at radius 2 is 1.90 bits per heavy atom. The number of aromatic carboxylic acids is 1. The summed E-state index contributed by atoms with van der Waals surface area (Å²) in [4.78, 5) is 14.5. The number of aromatic nitrogens is 1. The molecule has 0 aliphatic heterocycles. The summed E-state index contributed by atoms with van der Waals surface area (Å²) < 4.78 is 42.3. The number of pyridine rings is 1. The van der Waals surface area contributed by atoms with E-state index in [0.717, 1.165) is 12.1 Å². The molecular weight excluding hydrogens is 287 g/mol. The van der Waals surface area contributed by atoms with Gasteiger partial charge in [-0.05, 0) is 12.1 Å². The first kappa shape index (κ1) is 14.8. The molecule has 1 aromatic carbocycles. The highest BCUT2D eigenvalue weighted by Gasteiger charge is 2.30. The highest BCUT2D eigenvalue weighted by atomic mass is 19.4. The molecular formula is C14H10F3NO3. The molecule has 2 rings (SSSR count). The van der Waals surface area contributed by atoms with E-state index in [-0.39, 0.29) is 18.1 Å². The van der Waals surface area contributed by atoms with E-state index in [2.05, 4.69) is 4.98 Å². The number of carboxylic acid groups (broad SMARTS) is 1. The molecule has 0 unspecified atom stereocenters. The number of hydrogen-bond donors (Lipinski definition) is 1. The van der Waals surface area contributed by atoms with Gasteiger partial charge in [-0.15, -0.1) is 0 Å². The predicted molar refractivity (Wildman–Crippen MR) is 67.0 cm³/mol. The first-order valence-electron chi connectivity index (χ1n) is 5.85. The van der Waals surface area contributed by atoms with Gasteiger partial charge in [-0.25, -0.2) is 9.78 Å². The molecule has 0 aliphatic carbocycles. The van der Waals surface area contributed by atoms with Crippen LogP contribution in [0.2, 0.25) is 0 Å². The van der Waals surface area contributed by atoms with Gasteiger partial charge < -0.3 is 9.84 Å². The van der Waals surface area contributed by atoms with E-state index >= 15 is 0 Å². The van der Waals surface area contributed by atoms with Gasteiger partial charge in [0.1, 0.15) is 6.61 Å². The van der Waals surface area contributed by atoms with Crippen molar-refractivity contribution in [2.45, 2.75) is 12.8 Å². The molecule has 0 bridgehead atoms. The van der Waals surface area contributed by atoms with Crippen molar-refractivity contribution in [2.24, 2.45) is 0 Å². The van der Waals surface area contributed by atoms with Crippen LogP contribution in [0.3, 0.4) is 0 Å². The van der Waals surface area contributed by atoms with E-state index < -0.39 is 17.7 Å². The molecule has 4 nitrogen and oxygen atoms in total. The standard InChI is InChI=1S/C14H10F3NO3/c15-14(16,17)10-5-6-12(18-7-10)21-8-9-3-1-2-4-11(9)13(19)20/h1-7H,8H2,(H,19,20). The van der Waals surface area contributed by atoms with Crippen LogP contribution in [0, 0.1) is 0 Å². The van der Waals surface area contributed by atoms with E-state index in [1.54, 1.807) is 18.2 Å². The fraction of sp³-hybridized carbons (Fsp3) is 0.143. The van der Waals surface area contributed by atoms with Crippen LogP contribution in [-0.4, -0.2) is 16.1 Å². The largest absolute Gasteiger partial charge is 0.478 e. The van der Waals surface area contributed by atoms with Crippen molar-refractivity contribution < 1.29 is 27.8 Å². The van der Waals surface area contributed by atoms with Crippen LogP contribution in [-0.2, 0) is 12.8 Å². The smallest absolute Gasteiger partial charge is 0.417 e. The number of carbonyl (C=O) groups is 1. The quantitative estimate of drug-likeness (QED) is 0.940. The summed E-state index contributed by atoms with van der Waals surface area (Å²) in [5.41, 5.74) is -0.392. The van der Waals surface area contributed by atoms with Gasteiger partial charge in [-0.2, -0.15) is 13.2 Å². The van der Waals surface area contributed by atoms with Crippen molar-refractivity contribution in [1.82, 2.24) is 4.98 Å². The fourth-order valence-electron chi connectivity index (χ4n) is 1.64. The van der Waals surface area contributed by atoms with Crippen LogP contribution in [0.15, 0.2) is 42.6 Å². The van der Waals surface area contributed by atoms with Gasteiger partial charge in [0.2, 0.25) is 5.88 Å². The summed E-state index contributed by atoms with van der Waals surface area (Å²) in [6.07, 6.45) is -3.79. The summed E-state index contributed by atoms with van der Waals surface area (Å²) >= 11 is 0. The SMILES string of the molecule is O=C(O)c1ccccc1COc1ccc(C(F)(F)F)cn1. The minimum atomic E-state index is -4.46. The minimum Gasteiger partial charge on any atom is -0.478 e. The molecule has 21 heavy (non-hydrogen) atoms. The third-order valence-corrected chi connectivity index (χ3v) is 2.69. The number of benzene rings is 1. The first-order valence-corrected chi connectivity index (χ1v) is 5.85. The van der Waals surface area contributed by atoms with Crippen LogP contribution in [0.1, 0.15) is 21.5 Å². The molecule has 1 heterocycles.